The lowest BCUT2D eigenvalue weighted by Crippen LogP contribution is -2.13. The maximum absolute atomic E-state index is 12.1. The van der Waals surface area contributed by atoms with Crippen molar-refractivity contribution < 1.29 is 4.39 Å². The summed E-state index contributed by atoms with van der Waals surface area (Å²) < 4.78 is 14.1. The molecule has 1 aliphatic rings. The zero-order valence-corrected chi connectivity index (χ0v) is 7.98. The van der Waals surface area contributed by atoms with Crippen molar-refractivity contribution in [1.29, 1.82) is 0 Å². The van der Waals surface area contributed by atoms with Crippen LogP contribution in [-0.2, 0) is 5.75 Å². The molecule has 13 heavy (non-hydrogen) atoms. The molecule has 2 N–H and O–H groups in total. The maximum atomic E-state index is 12.1. The first-order valence-electron chi connectivity index (χ1n) is 4.16. The fraction of sp³-hybridized carbons (Fsp3) is 0.333. The Balaban J connectivity index is 2.27. The first-order valence-corrected chi connectivity index (χ1v) is 5.10. The predicted octanol–water partition coefficient (Wildman–Crippen LogP) is 2.21. The van der Waals surface area contributed by atoms with Gasteiger partial charge in [-0.05, 0) is 35.7 Å². The van der Waals surface area contributed by atoms with E-state index in [1.54, 1.807) is 11.9 Å². The van der Waals surface area contributed by atoms with Gasteiger partial charge in [0.2, 0.25) is 0 Å². The van der Waals surface area contributed by atoms with E-state index in [1.807, 2.05) is 22.5 Å². The highest BCUT2D eigenvalue weighted by molar-refractivity contribution is 8.00. The molecule has 4 heteroatoms. The highest BCUT2D eigenvalue weighted by Crippen LogP contribution is 2.38. The molecule has 0 amide bonds. The summed E-state index contributed by atoms with van der Waals surface area (Å²) in [4.78, 5) is 0. The average Bonchev–Trinajstić information content (AvgIpc) is 2.49. The van der Waals surface area contributed by atoms with Gasteiger partial charge < -0.3 is 10.0 Å². The average molecular weight is 198 g/mol. The van der Waals surface area contributed by atoms with E-state index in [2.05, 4.69) is 0 Å². The number of halogens is 1. The SMILES string of the molecule is Nc1ccc2c(c1)CSN2CCF. The lowest BCUT2D eigenvalue weighted by molar-refractivity contribution is 0.506. The molecule has 0 spiro atoms. The number of rotatable bonds is 2. The molecule has 0 unspecified atom stereocenters. The van der Waals surface area contributed by atoms with Gasteiger partial charge in [0, 0.05) is 11.4 Å². The Labute approximate surface area is 81.0 Å². The van der Waals surface area contributed by atoms with E-state index < -0.39 is 0 Å². The van der Waals surface area contributed by atoms with Gasteiger partial charge in [-0.1, -0.05) is 0 Å². The summed E-state index contributed by atoms with van der Waals surface area (Å²) in [5, 5.41) is 0. The molecule has 0 saturated heterocycles. The van der Waals surface area contributed by atoms with E-state index in [1.165, 1.54) is 5.56 Å². The van der Waals surface area contributed by atoms with Crippen molar-refractivity contribution in [2.75, 3.05) is 23.3 Å². The summed E-state index contributed by atoms with van der Waals surface area (Å²) in [5.41, 5.74) is 8.74. The fourth-order valence-corrected chi connectivity index (χ4v) is 2.48. The van der Waals surface area contributed by atoms with E-state index in [4.69, 9.17) is 5.73 Å². The molecule has 2 nitrogen and oxygen atoms in total. The van der Waals surface area contributed by atoms with Crippen LogP contribution >= 0.6 is 11.9 Å². The summed E-state index contributed by atoms with van der Waals surface area (Å²) in [7, 11) is 0. The molecule has 1 aliphatic heterocycles. The summed E-state index contributed by atoms with van der Waals surface area (Å²) in [6.07, 6.45) is 0. The third kappa shape index (κ3) is 1.58. The summed E-state index contributed by atoms with van der Waals surface area (Å²) in [6.45, 7) is 0.151. The molecule has 1 aromatic carbocycles. The van der Waals surface area contributed by atoms with E-state index in [-0.39, 0.29) is 6.67 Å². The van der Waals surface area contributed by atoms with E-state index in [9.17, 15) is 4.39 Å². The van der Waals surface area contributed by atoms with E-state index in [0.29, 0.717) is 6.54 Å². The zero-order valence-electron chi connectivity index (χ0n) is 7.16. The van der Waals surface area contributed by atoms with Crippen molar-refractivity contribution in [1.82, 2.24) is 0 Å². The molecule has 0 atom stereocenters. The Morgan fingerprint density at radius 2 is 2.38 bits per heavy atom. The lowest BCUT2D eigenvalue weighted by Gasteiger charge is -2.15. The van der Waals surface area contributed by atoms with E-state index in [0.717, 1.165) is 17.1 Å². The molecule has 0 saturated carbocycles. The quantitative estimate of drug-likeness (QED) is 0.583. The van der Waals surface area contributed by atoms with Gasteiger partial charge in [-0.25, -0.2) is 4.39 Å². The van der Waals surface area contributed by atoms with Crippen molar-refractivity contribution in [3.63, 3.8) is 0 Å². The van der Waals surface area contributed by atoms with Crippen molar-refractivity contribution in [2.45, 2.75) is 5.75 Å². The van der Waals surface area contributed by atoms with Gasteiger partial charge in [0.15, 0.2) is 0 Å². The first kappa shape index (κ1) is 8.69. The molecule has 0 bridgehead atoms. The third-order valence-corrected chi connectivity index (χ3v) is 3.17. The molecule has 0 fully saturated rings. The minimum Gasteiger partial charge on any atom is -0.399 e. The topological polar surface area (TPSA) is 29.3 Å². The second-order valence-corrected chi connectivity index (χ2v) is 3.94. The number of fused-ring (bicyclic) bond motifs is 1. The standard InChI is InChI=1S/C9H11FN2S/c10-3-4-12-9-2-1-8(11)5-7(9)6-13-12/h1-2,5H,3-4,6,11H2. The summed E-state index contributed by atoms with van der Waals surface area (Å²) >= 11 is 1.64. The van der Waals surface area contributed by atoms with Crippen molar-refractivity contribution >= 4 is 23.3 Å². The van der Waals surface area contributed by atoms with Crippen LogP contribution in [0.2, 0.25) is 0 Å². The smallest absolute Gasteiger partial charge is 0.108 e. The van der Waals surface area contributed by atoms with Gasteiger partial charge in [0.1, 0.15) is 6.67 Å². The van der Waals surface area contributed by atoms with Gasteiger partial charge in [-0.15, -0.1) is 0 Å². The maximum Gasteiger partial charge on any atom is 0.108 e. The Hall–Kier alpha value is -0.900. The van der Waals surface area contributed by atoms with Crippen molar-refractivity contribution in [3.05, 3.63) is 23.8 Å². The van der Waals surface area contributed by atoms with Gasteiger partial charge in [0.05, 0.1) is 12.2 Å². The number of anilines is 2. The highest BCUT2D eigenvalue weighted by atomic mass is 32.2. The molecule has 1 aromatic rings. The summed E-state index contributed by atoms with van der Waals surface area (Å²) in [5.74, 6) is 0.903. The van der Waals surface area contributed by atoms with Crippen LogP contribution in [0.1, 0.15) is 5.56 Å². The second kappa shape index (κ2) is 3.46. The number of nitrogens with two attached hydrogens (primary N) is 1. The van der Waals surface area contributed by atoms with Crippen LogP contribution in [-0.4, -0.2) is 13.2 Å². The normalized spacial score (nSPS) is 14.7. The van der Waals surface area contributed by atoms with Gasteiger partial charge in [0.25, 0.3) is 0 Å². The first-order chi connectivity index (χ1) is 6.31. The van der Waals surface area contributed by atoms with Crippen LogP contribution < -0.4 is 10.0 Å². The van der Waals surface area contributed by atoms with Crippen molar-refractivity contribution in [3.8, 4) is 0 Å². The predicted molar refractivity (Wildman–Crippen MR) is 55.5 cm³/mol. The molecule has 0 radical (unpaired) electrons. The Morgan fingerprint density at radius 1 is 1.54 bits per heavy atom. The Morgan fingerprint density at radius 3 is 3.15 bits per heavy atom. The van der Waals surface area contributed by atoms with Gasteiger partial charge in [-0.2, -0.15) is 0 Å². The molecule has 0 aliphatic carbocycles. The second-order valence-electron chi connectivity index (χ2n) is 2.95. The van der Waals surface area contributed by atoms with Gasteiger partial charge in [-0.3, -0.25) is 0 Å². The van der Waals surface area contributed by atoms with Crippen LogP contribution in [0, 0.1) is 0 Å². The molecule has 0 aromatic heterocycles. The highest BCUT2D eigenvalue weighted by Gasteiger charge is 2.19. The summed E-state index contributed by atoms with van der Waals surface area (Å²) in [6, 6.07) is 5.77. The Kier molecular flexibility index (Phi) is 2.31. The lowest BCUT2D eigenvalue weighted by atomic mass is 10.2. The number of alkyl halides is 1. The zero-order chi connectivity index (χ0) is 9.26. The van der Waals surface area contributed by atoms with Gasteiger partial charge >= 0.3 is 0 Å². The minimum atomic E-state index is -0.309. The Bertz CT molecular complexity index is 316. The fourth-order valence-electron chi connectivity index (χ4n) is 1.44. The third-order valence-electron chi connectivity index (χ3n) is 2.04. The minimum absolute atomic E-state index is 0.309. The molecular weight excluding hydrogens is 187 g/mol. The molecule has 2 rings (SSSR count). The monoisotopic (exact) mass is 198 g/mol. The molecule has 70 valence electrons. The number of benzene rings is 1. The molecular formula is C9H11FN2S. The largest absolute Gasteiger partial charge is 0.399 e. The van der Waals surface area contributed by atoms with Crippen molar-refractivity contribution in [2.24, 2.45) is 0 Å². The van der Waals surface area contributed by atoms with Crippen LogP contribution in [0.25, 0.3) is 0 Å². The van der Waals surface area contributed by atoms with Crippen LogP contribution in [0.5, 0.6) is 0 Å². The number of nitrogen functional groups attached to an aromatic ring is 1. The number of nitrogens with zero attached hydrogens (tertiary/aromatic N) is 1. The number of hydrogen-bond donors (Lipinski definition) is 1. The molecule has 1 heterocycles. The van der Waals surface area contributed by atoms with Crippen LogP contribution in [0.3, 0.4) is 0 Å². The van der Waals surface area contributed by atoms with E-state index >= 15 is 0 Å². The van der Waals surface area contributed by atoms with Crippen LogP contribution in [0.4, 0.5) is 15.8 Å². The number of hydrogen-bond acceptors (Lipinski definition) is 3. The van der Waals surface area contributed by atoms with Crippen LogP contribution in [0.15, 0.2) is 18.2 Å².